The second kappa shape index (κ2) is 5.50. The molecule has 0 N–H and O–H groups in total. The Morgan fingerprint density at radius 3 is 2.39 bits per heavy atom. The van der Waals surface area contributed by atoms with Gasteiger partial charge in [-0.15, -0.1) is 5.10 Å². The minimum atomic E-state index is -0.435. The highest BCUT2D eigenvalue weighted by molar-refractivity contribution is 5.88. The molecule has 0 saturated heterocycles. The number of rotatable bonds is 2. The van der Waals surface area contributed by atoms with Gasteiger partial charge < -0.3 is 4.74 Å². The van der Waals surface area contributed by atoms with Gasteiger partial charge in [-0.1, -0.05) is 51.1 Å². The summed E-state index contributed by atoms with van der Waals surface area (Å²) in [6.07, 6.45) is 0. The molecule has 5 nitrogen and oxygen atoms in total. The van der Waals surface area contributed by atoms with Gasteiger partial charge in [0.15, 0.2) is 17.2 Å². The summed E-state index contributed by atoms with van der Waals surface area (Å²) >= 11 is 0. The molecule has 2 aromatic heterocycles. The maximum atomic E-state index is 11.8. The smallest absolute Gasteiger partial charge is 0.356 e. The van der Waals surface area contributed by atoms with Gasteiger partial charge in [0.2, 0.25) is 0 Å². The van der Waals surface area contributed by atoms with Crippen LogP contribution in [0.2, 0.25) is 0 Å². The van der Waals surface area contributed by atoms with Gasteiger partial charge >= 0.3 is 5.97 Å². The Morgan fingerprint density at radius 2 is 1.78 bits per heavy atom. The SMILES string of the molecule is COC(=O)c1cccc2nc(-c3ccc(C(C)(C)C)cc3)nn12. The molecular formula is C18H19N3O2. The maximum Gasteiger partial charge on any atom is 0.356 e. The minimum absolute atomic E-state index is 0.100. The van der Waals surface area contributed by atoms with Crippen molar-refractivity contribution >= 4 is 11.6 Å². The molecule has 1 aromatic carbocycles. The van der Waals surface area contributed by atoms with Crippen molar-refractivity contribution in [2.45, 2.75) is 26.2 Å². The largest absolute Gasteiger partial charge is 0.464 e. The first-order valence-corrected chi connectivity index (χ1v) is 7.45. The number of aromatic nitrogens is 3. The van der Waals surface area contributed by atoms with Gasteiger partial charge in [0.1, 0.15) is 0 Å². The van der Waals surface area contributed by atoms with E-state index in [2.05, 4.69) is 43.0 Å². The number of hydrogen-bond acceptors (Lipinski definition) is 4. The average molecular weight is 309 g/mol. The van der Waals surface area contributed by atoms with E-state index in [0.29, 0.717) is 17.2 Å². The van der Waals surface area contributed by atoms with Crippen molar-refractivity contribution in [2.24, 2.45) is 0 Å². The van der Waals surface area contributed by atoms with Crippen molar-refractivity contribution < 1.29 is 9.53 Å². The van der Waals surface area contributed by atoms with Crippen molar-refractivity contribution in [3.05, 3.63) is 53.7 Å². The summed E-state index contributed by atoms with van der Waals surface area (Å²) in [4.78, 5) is 16.3. The van der Waals surface area contributed by atoms with Crippen LogP contribution in [0.4, 0.5) is 0 Å². The Hall–Kier alpha value is -2.69. The van der Waals surface area contributed by atoms with Crippen LogP contribution in [-0.4, -0.2) is 27.7 Å². The molecule has 3 aromatic rings. The number of nitrogens with zero attached hydrogens (tertiary/aromatic N) is 3. The molecule has 2 heterocycles. The first-order valence-electron chi connectivity index (χ1n) is 7.45. The molecule has 0 unspecified atom stereocenters. The Kier molecular flexibility index (Phi) is 3.64. The molecule has 5 heteroatoms. The molecule has 0 spiro atoms. The molecule has 0 aliphatic heterocycles. The summed E-state index contributed by atoms with van der Waals surface area (Å²) in [6.45, 7) is 6.52. The monoisotopic (exact) mass is 309 g/mol. The van der Waals surface area contributed by atoms with Crippen LogP contribution < -0.4 is 0 Å². The third-order valence-corrected chi connectivity index (χ3v) is 3.76. The lowest BCUT2D eigenvalue weighted by Crippen LogP contribution is -2.10. The molecular weight excluding hydrogens is 290 g/mol. The van der Waals surface area contributed by atoms with Crippen molar-refractivity contribution in [3.8, 4) is 11.4 Å². The molecule has 0 atom stereocenters. The summed E-state index contributed by atoms with van der Waals surface area (Å²) in [7, 11) is 1.35. The average Bonchev–Trinajstić information content (AvgIpc) is 2.97. The second-order valence-electron chi connectivity index (χ2n) is 6.44. The van der Waals surface area contributed by atoms with E-state index in [9.17, 15) is 4.79 Å². The number of fused-ring (bicyclic) bond motifs is 1. The Balaban J connectivity index is 2.06. The molecule has 0 aliphatic rings. The Bertz CT molecular complexity index is 858. The first-order chi connectivity index (χ1) is 10.9. The van der Waals surface area contributed by atoms with Crippen LogP contribution in [0.3, 0.4) is 0 Å². The second-order valence-corrected chi connectivity index (χ2v) is 6.44. The standard InChI is InChI=1S/C18H19N3O2/c1-18(2,3)13-10-8-12(9-11-13)16-19-15-7-5-6-14(17(22)23-4)21(15)20-16/h5-11H,1-4H3. The summed E-state index contributed by atoms with van der Waals surface area (Å²) in [5.41, 5.74) is 3.23. The highest BCUT2D eigenvalue weighted by Crippen LogP contribution is 2.25. The quantitative estimate of drug-likeness (QED) is 0.680. The van der Waals surface area contributed by atoms with Crippen LogP contribution in [0.1, 0.15) is 36.8 Å². The lowest BCUT2D eigenvalue weighted by Gasteiger charge is -2.18. The van der Waals surface area contributed by atoms with Crippen LogP contribution in [0.15, 0.2) is 42.5 Å². The number of pyridine rings is 1. The van der Waals surface area contributed by atoms with Crippen LogP contribution >= 0.6 is 0 Å². The molecule has 0 aliphatic carbocycles. The fraction of sp³-hybridized carbons (Fsp3) is 0.278. The van der Waals surface area contributed by atoms with Crippen LogP contribution in [0, 0.1) is 0 Å². The van der Waals surface area contributed by atoms with Crippen molar-refractivity contribution in [1.82, 2.24) is 14.6 Å². The minimum Gasteiger partial charge on any atom is -0.464 e. The van der Waals surface area contributed by atoms with Crippen molar-refractivity contribution in [2.75, 3.05) is 7.11 Å². The van der Waals surface area contributed by atoms with E-state index in [4.69, 9.17) is 4.74 Å². The number of hydrogen-bond donors (Lipinski definition) is 0. The third kappa shape index (κ3) is 2.82. The lowest BCUT2D eigenvalue weighted by atomic mass is 9.87. The molecule has 0 amide bonds. The number of benzene rings is 1. The van der Waals surface area contributed by atoms with E-state index >= 15 is 0 Å². The summed E-state index contributed by atoms with van der Waals surface area (Å²) in [5.74, 6) is 0.150. The fourth-order valence-electron chi connectivity index (χ4n) is 2.41. The fourth-order valence-corrected chi connectivity index (χ4v) is 2.41. The van der Waals surface area contributed by atoms with E-state index < -0.39 is 5.97 Å². The summed E-state index contributed by atoms with van der Waals surface area (Å²) in [6, 6.07) is 13.4. The number of ether oxygens (including phenoxy) is 1. The van der Waals surface area contributed by atoms with E-state index in [-0.39, 0.29) is 5.41 Å². The summed E-state index contributed by atoms with van der Waals surface area (Å²) in [5, 5.41) is 4.45. The van der Waals surface area contributed by atoms with Gasteiger partial charge in [0.05, 0.1) is 7.11 Å². The van der Waals surface area contributed by atoms with E-state index in [0.717, 1.165) is 5.56 Å². The number of carbonyl (C=O) groups excluding carboxylic acids is 1. The number of esters is 1. The Labute approximate surface area is 134 Å². The van der Waals surface area contributed by atoms with Crippen LogP contribution in [-0.2, 0) is 10.2 Å². The van der Waals surface area contributed by atoms with Crippen LogP contribution in [0.5, 0.6) is 0 Å². The Morgan fingerprint density at radius 1 is 1.09 bits per heavy atom. The molecule has 0 radical (unpaired) electrons. The number of methoxy groups -OCH3 is 1. The zero-order valence-electron chi connectivity index (χ0n) is 13.7. The van der Waals surface area contributed by atoms with Crippen LogP contribution in [0.25, 0.3) is 17.0 Å². The van der Waals surface area contributed by atoms with Gasteiger partial charge in [-0.25, -0.2) is 14.3 Å². The van der Waals surface area contributed by atoms with E-state index in [1.807, 2.05) is 18.2 Å². The van der Waals surface area contributed by atoms with E-state index in [1.165, 1.54) is 17.2 Å². The lowest BCUT2D eigenvalue weighted by molar-refractivity contribution is 0.0591. The molecule has 0 fully saturated rings. The molecule has 23 heavy (non-hydrogen) atoms. The highest BCUT2D eigenvalue weighted by atomic mass is 16.5. The first kappa shape index (κ1) is 15.2. The van der Waals surface area contributed by atoms with Gasteiger partial charge in [0, 0.05) is 5.56 Å². The van der Waals surface area contributed by atoms with Gasteiger partial charge in [-0.2, -0.15) is 0 Å². The zero-order valence-corrected chi connectivity index (χ0v) is 13.7. The zero-order chi connectivity index (χ0) is 16.6. The predicted octanol–water partition coefficient (Wildman–Crippen LogP) is 3.48. The van der Waals surface area contributed by atoms with Gasteiger partial charge in [-0.3, -0.25) is 0 Å². The number of carbonyl (C=O) groups is 1. The maximum absolute atomic E-state index is 11.8. The summed E-state index contributed by atoms with van der Waals surface area (Å²) < 4.78 is 6.30. The van der Waals surface area contributed by atoms with Gasteiger partial charge in [-0.05, 0) is 23.1 Å². The third-order valence-electron chi connectivity index (χ3n) is 3.76. The topological polar surface area (TPSA) is 56.5 Å². The van der Waals surface area contributed by atoms with Crippen molar-refractivity contribution in [3.63, 3.8) is 0 Å². The molecule has 0 bridgehead atoms. The molecule has 0 saturated carbocycles. The molecule has 118 valence electrons. The molecule has 3 rings (SSSR count). The predicted molar refractivity (Wildman–Crippen MR) is 88.5 cm³/mol. The highest BCUT2D eigenvalue weighted by Gasteiger charge is 2.16. The normalized spacial score (nSPS) is 11.7. The van der Waals surface area contributed by atoms with E-state index in [1.54, 1.807) is 12.1 Å². The van der Waals surface area contributed by atoms with Gasteiger partial charge in [0.25, 0.3) is 0 Å². The van der Waals surface area contributed by atoms with Crippen molar-refractivity contribution in [1.29, 1.82) is 0 Å².